The van der Waals surface area contributed by atoms with Crippen LogP contribution in [0.25, 0.3) is 0 Å². The number of amidine groups is 1. The van der Waals surface area contributed by atoms with Gasteiger partial charge >= 0.3 is 6.09 Å². The van der Waals surface area contributed by atoms with E-state index in [0.29, 0.717) is 40.7 Å². The van der Waals surface area contributed by atoms with Crippen LogP contribution in [-0.4, -0.2) is 49.6 Å². The summed E-state index contributed by atoms with van der Waals surface area (Å²) in [6.07, 6.45) is 1.95. The number of nitrogens with zero attached hydrogens (tertiary/aromatic N) is 4. The molecule has 9 nitrogen and oxygen atoms in total. The Balaban J connectivity index is 1.75. The molecule has 0 unspecified atom stereocenters. The Morgan fingerprint density at radius 2 is 1.85 bits per heavy atom. The number of fused-ring (bicyclic) bond motifs is 2. The van der Waals surface area contributed by atoms with Crippen molar-refractivity contribution in [3.05, 3.63) is 57.6 Å². The molecule has 0 saturated heterocycles. The molecule has 2 aliphatic heterocycles. The molecule has 0 spiro atoms. The van der Waals surface area contributed by atoms with Crippen LogP contribution in [0.4, 0.5) is 10.5 Å². The predicted octanol–water partition coefficient (Wildman–Crippen LogP) is 6.23. The van der Waals surface area contributed by atoms with E-state index in [4.69, 9.17) is 4.74 Å². The number of carbonyl (C=O) groups is 2. The monoisotopic (exact) mass is 630 g/mol. The summed E-state index contributed by atoms with van der Waals surface area (Å²) in [6.45, 7) is 13.6. The normalized spacial score (nSPS) is 17.3. The number of rotatable bonds is 6. The van der Waals surface area contributed by atoms with Gasteiger partial charge in [0.1, 0.15) is 10.5 Å². The summed E-state index contributed by atoms with van der Waals surface area (Å²) in [4.78, 5) is 28.0. The molecule has 2 heterocycles. The van der Waals surface area contributed by atoms with Crippen LogP contribution in [0, 0.1) is 5.92 Å². The molecule has 214 valence electrons. The van der Waals surface area contributed by atoms with E-state index in [1.54, 1.807) is 62.3 Å². The number of carbonyl (C=O) groups excluding carboxylic acids is 2. The van der Waals surface area contributed by atoms with Gasteiger partial charge in [0, 0.05) is 16.6 Å². The first-order chi connectivity index (χ1) is 18.6. The third-order valence-electron chi connectivity index (χ3n) is 6.97. The Kier molecular flexibility index (Phi) is 8.03. The van der Waals surface area contributed by atoms with Gasteiger partial charge in [-0.3, -0.25) is 4.79 Å². The molecule has 0 radical (unpaired) electrons. The molecule has 2 aromatic carbocycles. The average Bonchev–Trinajstić information content (AvgIpc) is 3.27. The number of ether oxygens (including phenoxy) is 1. The van der Waals surface area contributed by atoms with Gasteiger partial charge in [0.2, 0.25) is 5.91 Å². The van der Waals surface area contributed by atoms with Crippen LogP contribution in [0.1, 0.15) is 78.0 Å². The van der Waals surface area contributed by atoms with E-state index in [9.17, 15) is 18.0 Å². The van der Waals surface area contributed by atoms with Crippen molar-refractivity contribution < 1.29 is 22.7 Å². The fraction of sp³-hybridized carbons (Fsp3) is 0.448. The van der Waals surface area contributed by atoms with E-state index in [1.807, 2.05) is 33.8 Å². The fourth-order valence-electron chi connectivity index (χ4n) is 5.04. The molecule has 0 aliphatic carbocycles. The van der Waals surface area contributed by atoms with Crippen molar-refractivity contribution in [3.63, 3.8) is 0 Å². The lowest BCUT2D eigenvalue weighted by molar-refractivity contribution is -0.123. The Morgan fingerprint density at radius 1 is 1.18 bits per heavy atom. The Labute approximate surface area is 244 Å². The summed E-state index contributed by atoms with van der Waals surface area (Å²) in [5.41, 5.74) is 0.816. The number of hydrazone groups is 1. The maximum atomic E-state index is 13.7. The van der Waals surface area contributed by atoms with E-state index >= 15 is 0 Å². The molecule has 0 atom stereocenters. The van der Waals surface area contributed by atoms with Gasteiger partial charge in [-0.2, -0.15) is 13.5 Å². The average molecular weight is 632 g/mol. The van der Waals surface area contributed by atoms with Crippen molar-refractivity contribution in [2.45, 2.75) is 77.2 Å². The Hall–Kier alpha value is -3.05. The highest BCUT2D eigenvalue weighted by Gasteiger charge is 2.51. The van der Waals surface area contributed by atoms with Crippen molar-refractivity contribution in [1.29, 1.82) is 0 Å². The maximum absolute atomic E-state index is 13.7. The van der Waals surface area contributed by atoms with Crippen molar-refractivity contribution >= 4 is 55.7 Å². The second-order valence-corrected chi connectivity index (χ2v) is 13.9. The molecule has 11 heteroatoms. The van der Waals surface area contributed by atoms with E-state index in [2.05, 4.69) is 25.4 Å². The van der Waals surface area contributed by atoms with Gasteiger partial charge in [0.15, 0.2) is 5.84 Å². The molecule has 2 amide bonds. The van der Waals surface area contributed by atoms with Gasteiger partial charge in [0.25, 0.3) is 10.0 Å². The lowest BCUT2D eigenvalue weighted by atomic mass is 9.76. The van der Waals surface area contributed by atoms with Crippen molar-refractivity contribution in [3.8, 4) is 0 Å². The van der Waals surface area contributed by atoms with Gasteiger partial charge in [0.05, 0.1) is 17.3 Å². The molecule has 2 aliphatic rings. The number of halogens is 1. The lowest BCUT2D eigenvalue weighted by Crippen LogP contribution is -2.44. The molecule has 4 rings (SSSR count). The standard InChI is InChI=1S/C29H35BrN4O5S/c1-8-29(9-2)22-14-19(10-13-23(22)34(26(29)35)27(36)39-28(5,6)7)16-31-33(17-18(3)4)25-21-12-11-20(30)15-24(21)40(37,38)32-25/h10-16,18H,8-9,17H2,1-7H3/b31-16+. The van der Waals surface area contributed by atoms with Gasteiger partial charge in [-0.05, 0) is 81.0 Å². The largest absolute Gasteiger partial charge is 0.443 e. The molecular formula is C29H35BrN4O5S. The SMILES string of the molecule is CCC1(CC)C(=O)N(C(=O)OC(C)(C)C)c2ccc(/C=N/N(CC(C)C)C3=NS(=O)(=O)c4cc(Br)ccc43)cc21. The molecule has 0 N–H and O–H groups in total. The van der Waals surface area contributed by atoms with E-state index in [1.165, 1.54) is 0 Å². The van der Waals surface area contributed by atoms with E-state index in [-0.39, 0.29) is 22.6 Å². The Bertz CT molecular complexity index is 1520. The number of anilines is 1. The minimum Gasteiger partial charge on any atom is -0.443 e. The summed E-state index contributed by atoms with van der Waals surface area (Å²) in [6, 6.07) is 10.4. The van der Waals surface area contributed by atoms with Crippen LogP contribution in [-0.2, 0) is 25.0 Å². The minimum absolute atomic E-state index is 0.134. The zero-order chi connectivity index (χ0) is 29.6. The molecule has 0 aromatic heterocycles. The zero-order valence-corrected chi connectivity index (χ0v) is 26.3. The van der Waals surface area contributed by atoms with Crippen LogP contribution < -0.4 is 4.90 Å². The van der Waals surface area contributed by atoms with Crippen molar-refractivity contribution in [2.24, 2.45) is 15.4 Å². The van der Waals surface area contributed by atoms with E-state index < -0.39 is 27.1 Å². The summed E-state index contributed by atoms with van der Waals surface area (Å²) in [5.74, 6) is 0.122. The third kappa shape index (κ3) is 5.45. The number of benzene rings is 2. The smallest absolute Gasteiger partial charge is 0.421 e. The molecular weight excluding hydrogens is 596 g/mol. The Morgan fingerprint density at radius 3 is 2.45 bits per heavy atom. The summed E-state index contributed by atoms with van der Waals surface area (Å²) in [7, 11) is -3.85. The number of hydrogen-bond acceptors (Lipinski definition) is 7. The topological polar surface area (TPSA) is 109 Å². The minimum atomic E-state index is -3.85. The predicted molar refractivity (Wildman–Crippen MR) is 159 cm³/mol. The highest BCUT2D eigenvalue weighted by atomic mass is 79.9. The van der Waals surface area contributed by atoms with Crippen LogP contribution in [0.5, 0.6) is 0 Å². The zero-order valence-electron chi connectivity index (χ0n) is 23.9. The molecule has 2 aromatic rings. The fourth-order valence-corrected chi connectivity index (χ4v) is 6.78. The third-order valence-corrected chi connectivity index (χ3v) is 8.77. The van der Waals surface area contributed by atoms with Crippen LogP contribution in [0.15, 0.2) is 55.3 Å². The van der Waals surface area contributed by atoms with Crippen molar-refractivity contribution in [2.75, 3.05) is 11.4 Å². The van der Waals surface area contributed by atoms with Gasteiger partial charge in [-0.1, -0.05) is 49.7 Å². The van der Waals surface area contributed by atoms with Crippen molar-refractivity contribution in [1.82, 2.24) is 5.01 Å². The summed E-state index contributed by atoms with van der Waals surface area (Å²) >= 11 is 3.34. The number of imide groups is 1. The molecule has 40 heavy (non-hydrogen) atoms. The van der Waals surface area contributed by atoms with Crippen LogP contribution in [0.3, 0.4) is 0 Å². The number of sulfonamides is 1. The first-order valence-electron chi connectivity index (χ1n) is 13.3. The number of amides is 2. The second-order valence-electron chi connectivity index (χ2n) is 11.4. The van der Waals surface area contributed by atoms with Gasteiger partial charge in [-0.25, -0.2) is 14.7 Å². The first-order valence-corrected chi connectivity index (χ1v) is 15.6. The molecule has 0 bridgehead atoms. The highest BCUT2D eigenvalue weighted by molar-refractivity contribution is 9.10. The highest BCUT2D eigenvalue weighted by Crippen LogP contribution is 2.47. The second kappa shape index (κ2) is 10.7. The van der Waals surface area contributed by atoms with Gasteiger partial charge < -0.3 is 4.74 Å². The van der Waals surface area contributed by atoms with Crippen LogP contribution in [0.2, 0.25) is 0 Å². The molecule has 0 fully saturated rings. The summed E-state index contributed by atoms with van der Waals surface area (Å²) in [5, 5.41) is 6.26. The first kappa shape index (κ1) is 29.9. The number of hydrogen-bond donors (Lipinski definition) is 0. The lowest BCUT2D eigenvalue weighted by Gasteiger charge is -2.27. The van der Waals surface area contributed by atoms with E-state index in [0.717, 1.165) is 10.5 Å². The quantitative estimate of drug-likeness (QED) is 0.276. The molecule has 0 saturated carbocycles. The summed E-state index contributed by atoms with van der Waals surface area (Å²) < 4.78 is 35.8. The van der Waals surface area contributed by atoms with Gasteiger partial charge in [-0.15, -0.1) is 4.40 Å². The van der Waals surface area contributed by atoms with Crippen LogP contribution >= 0.6 is 15.9 Å². The maximum Gasteiger partial charge on any atom is 0.421 e.